The lowest BCUT2D eigenvalue weighted by Gasteiger charge is -2.14. The highest BCUT2D eigenvalue weighted by Crippen LogP contribution is 2.41. The predicted octanol–water partition coefficient (Wildman–Crippen LogP) is 4.71. The summed E-state index contributed by atoms with van der Waals surface area (Å²) in [6.07, 6.45) is 0. The van der Waals surface area contributed by atoms with Crippen molar-refractivity contribution in [2.24, 2.45) is 10.2 Å². The number of rotatable bonds is 9. The van der Waals surface area contributed by atoms with Crippen molar-refractivity contribution in [1.29, 1.82) is 0 Å². The molecule has 2 aromatic carbocycles. The van der Waals surface area contributed by atoms with E-state index in [1.165, 1.54) is 53.6 Å². The normalized spacial score (nSPS) is 11.7. The number of Topliss-reactive ketones (excluding diaryl/α,β-unsaturated/α-hetero) is 1. The minimum absolute atomic E-state index is 0.183. The van der Waals surface area contributed by atoms with Gasteiger partial charge < -0.3 is 24.3 Å². The van der Waals surface area contributed by atoms with Gasteiger partial charge >= 0.3 is 0 Å². The number of hydrogen-bond donors (Lipinski definition) is 1. The van der Waals surface area contributed by atoms with Crippen LogP contribution in [-0.4, -0.2) is 46.2 Å². The quantitative estimate of drug-likeness (QED) is 0.420. The Morgan fingerprint density at radius 1 is 0.935 bits per heavy atom. The van der Waals surface area contributed by atoms with Gasteiger partial charge in [0.2, 0.25) is 6.04 Å². The zero-order chi connectivity index (χ0) is 23.1. The lowest BCUT2D eigenvalue weighted by molar-refractivity contribution is -0.126. The van der Waals surface area contributed by atoms with Gasteiger partial charge in [-0.25, -0.2) is 0 Å². The fourth-order valence-electron chi connectivity index (χ4n) is 2.55. The molecule has 0 fully saturated rings. The highest BCUT2D eigenvalue weighted by atomic mass is 35.5. The van der Waals surface area contributed by atoms with Crippen LogP contribution in [0.1, 0.15) is 6.92 Å². The molecule has 2 aromatic rings. The van der Waals surface area contributed by atoms with E-state index in [4.69, 9.17) is 42.1 Å². The summed E-state index contributed by atoms with van der Waals surface area (Å²) in [6, 6.07) is 4.61. The summed E-state index contributed by atoms with van der Waals surface area (Å²) in [5.74, 6) is 0.0369. The summed E-state index contributed by atoms with van der Waals surface area (Å²) in [4.78, 5) is 24.8. The first kappa shape index (κ1) is 24.2. The molecule has 1 amide bonds. The number of ether oxygens (including phenoxy) is 4. The third-order valence-electron chi connectivity index (χ3n) is 4.11. The number of nitrogens with zero attached hydrogens (tertiary/aromatic N) is 2. The van der Waals surface area contributed by atoms with Gasteiger partial charge in [-0.3, -0.25) is 9.59 Å². The molecule has 0 saturated carbocycles. The molecule has 0 saturated heterocycles. The minimum Gasteiger partial charge on any atom is -0.495 e. The monoisotopic (exact) mass is 469 g/mol. The topological polar surface area (TPSA) is 108 Å². The largest absolute Gasteiger partial charge is 0.495 e. The summed E-state index contributed by atoms with van der Waals surface area (Å²) in [6.45, 7) is 1.22. The van der Waals surface area contributed by atoms with Gasteiger partial charge in [0.25, 0.3) is 5.91 Å². The molecule has 0 aliphatic rings. The highest BCUT2D eigenvalue weighted by Gasteiger charge is 2.25. The van der Waals surface area contributed by atoms with Crippen LogP contribution in [0.4, 0.5) is 11.4 Å². The number of anilines is 1. The zero-order valence-corrected chi connectivity index (χ0v) is 19.0. The third-order valence-corrected chi connectivity index (χ3v) is 4.78. The van der Waals surface area contributed by atoms with Crippen molar-refractivity contribution in [1.82, 2.24) is 0 Å². The van der Waals surface area contributed by atoms with E-state index in [-0.39, 0.29) is 27.2 Å². The molecule has 2 rings (SSSR count). The van der Waals surface area contributed by atoms with Gasteiger partial charge in [0.15, 0.2) is 23.0 Å². The molecule has 31 heavy (non-hydrogen) atoms. The number of benzene rings is 2. The Morgan fingerprint density at radius 3 is 2.10 bits per heavy atom. The third kappa shape index (κ3) is 5.56. The van der Waals surface area contributed by atoms with Crippen molar-refractivity contribution in [3.8, 4) is 23.0 Å². The fraction of sp³-hybridized carbons (Fsp3) is 0.300. The van der Waals surface area contributed by atoms with E-state index in [1.54, 1.807) is 6.07 Å². The van der Waals surface area contributed by atoms with Crippen LogP contribution in [0.25, 0.3) is 0 Å². The molecular formula is C20H21Cl2N3O6. The van der Waals surface area contributed by atoms with Crippen molar-refractivity contribution in [3.63, 3.8) is 0 Å². The second-order valence-corrected chi connectivity index (χ2v) is 6.82. The lowest BCUT2D eigenvalue weighted by Crippen LogP contribution is -2.31. The highest BCUT2D eigenvalue weighted by molar-refractivity contribution is 6.34. The van der Waals surface area contributed by atoms with E-state index in [0.717, 1.165) is 0 Å². The molecule has 1 unspecified atom stereocenters. The first-order valence-corrected chi connectivity index (χ1v) is 9.57. The van der Waals surface area contributed by atoms with Crippen LogP contribution in [0.3, 0.4) is 0 Å². The van der Waals surface area contributed by atoms with Crippen molar-refractivity contribution < 1.29 is 28.5 Å². The van der Waals surface area contributed by atoms with Gasteiger partial charge in [-0.1, -0.05) is 23.2 Å². The Hall–Kier alpha value is -3.04. The number of nitrogens with one attached hydrogen (secondary N) is 1. The average molecular weight is 470 g/mol. The van der Waals surface area contributed by atoms with Crippen LogP contribution in [0.2, 0.25) is 10.0 Å². The molecule has 0 aliphatic carbocycles. The number of azo groups is 1. The summed E-state index contributed by atoms with van der Waals surface area (Å²) in [5.41, 5.74) is 0.437. The lowest BCUT2D eigenvalue weighted by atomic mass is 10.2. The Morgan fingerprint density at radius 2 is 1.55 bits per heavy atom. The molecule has 0 bridgehead atoms. The molecular weight excluding hydrogens is 449 g/mol. The predicted molar refractivity (Wildman–Crippen MR) is 117 cm³/mol. The number of amides is 1. The second kappa shape index (κ2) is 10.8. The number of hydrogen-bond acceptors (Lipinski definition) is 8. The van der Waals surface area contributed by atoms with Crippen LogP contribution < -0.4 is 24.3 Å². The van der Waals surface area contributed by atoms with Crippen molar-refractivity contribution in [3.05, 3.63) is 34.3 Å². The Balaban J connectivity index is 2.32. The van der Waals surface area contributed by atoms with E-state index in [0.29, 0.717) is 17.2 Å². The van der Waals surface area contributed by atoms with Gasteiger partial charge in [-0.15, -0.1) is 0 Å². The van der Waals surface area contributed by atoms with E-state index in [1.807, 2.05) is 0 Å². The maximum absolute atomic E-state index is 12.7. The van der Waals surface area contributed by atoms with Crippen LogP contribution in [0.5, 0.6) is 23.0 Å². The van der Waals surface area contributed by atoms with E-state index < -0.39 is 17.7 Å². The Bertz CT molecular complexity index is 1010. The van der Waals surface area contributed by atoms with Crippen LogP contribution in [0, 0.1) is 0 Å². The average Bonchev–Trinajstić information content (AvgIpc) is 2.74. The number of halogens is 2. The minimum atomic E-state index is -1.44. The maximum Gasteiger partial charge on any atom is 0.258 e. The molecule has 0 aromatic heterocycles. The number of carbonyl (C=O) groups is 2. The van der Waals surface area contributed by atoms with E-state index >= 15 is 0 Å². The Labute approximate surface area is 189 Å². The molecule has 0 heterocycles. The summed E-state index contributed by atoms with van der Waals surface area (Å²) < 4.78 is 20.7. The molecule has 0 aliphatic heterocycles. The molecule has 9 nitrogen and oxygen atoms in total. The molecule has 166 valence electrons. The van der Waals surface area contributed by atoms with Crippen molar-refractivity contribution in [2.45, 2.75) is 13.0 Å². The number of carbonyl (C=O) groups excluding carboxylic acids is 2. The van der Waals surface area contributed by atoms with Crippen molar-refractivity contribution >= 4 is 46.3 Å². The standard InChI is InChI=1S/C20H21Cl2N3O6/c1-10(26)18(25-24-12-6-7-14(28-2)17(22)19(12)31-5)20(27)23-13-9-16(30-4)15(29-3)8-11(13)21/h6-9,18H,1-5H3,(H,23,27). The van der Waals surface area contributed by atoms with Crippen LogP contribution in [0.15, 0.2) is 34.5 Å². The van der Waals surface area contributed by atoms with Gasteiger partial charge in [0, 0.05) is 12.1 Å². The number of methoxy groups -OCH3 is 4. The maximum atomic E-state index is 12.7. The van der Waals surface area contributed by atoms with E-state index in [2.05, 4.69) is 15.5 Å². The van der Waals surface area contributed by atoms with E-state index in [9.17, 15) is 9.59 Å². The molecule has 1 N–H and O–H groups in total. The first-order valence-electron chi connectivity index (χ1n) is 8.81. The second-order valence-electron chi connectivity index (χ2n) is 6.04. The molecule has 0 radical (unpaired) electrons. The summed E-state index contributed by atoms with van der Waals surface area (Å²) in [7, 11) is 5.75. The first-order chi connectivity index (χ1) is 14.8. The van der Waals surface area contributed by atoms with Gasteiger partial charge in [-0.05, 0) is 19.1 Å². The van der Waals surface area contributed by atoms with Gasteiger partial charge in [-0.2, -0.15) is 10.2 Å². The molecule has 0 spiro atoms. The summed E-state index contributed by atoms with van der Waals surface area (Å²) in [5, 5.41) is 10.8. The van der Waals surface area contributed by atoms with Gasteiger partial charge in [0.05, 0.1) is 39.1 Å². The number of ketones is 1. The zero-order valence-electron chi connectivity index (χ0n) is 17.5. The smallest absolute Gasteiger partial charge is 0.258 e. The van der Waals surface area contributed by atoms with Gasteiger partial charge in [0.1, 0.15) is 16.5 Å². The summed E-state index contributed by atoms with van der Waals surface area (Å²) >= 11 is 12.4. The Kier molecular flexibility index (Phi) is 8.47. The van der Waals surface area contributed by atoms with Crippen LogP contribution >= 0.6 is 23.2 Å². The molecule has 11 heteroatoms. The fourth-order valence-corrected chi connectivity index (χ4v) is 3.06. The SMILES string of the molecule is COc1cc(Cl)c(NC(=O)C(N=Nc2ccc(OC)c(Cl)c2OC)C(C)=O)cc1OC. The van der Waals surface area contributed by atoms with Crippen molar-refractivity contribution in [2.75, 3.05) is 33.8 Å². The van der Waals surface area contributed by atoms with Crippen LogP contribution in [-0.2, 0) is 9.59 Å². The molecule has 1 atom stereocenters.